The summed E-state index contributed by atoms with van der Waals surface area (Å²) in [4.78, 5) is 11.5. The predicted molar refractivity (Wildman–Crippen MR) is 64.2 cm³/mol. The van der Waals surface area contributed by atoms with Crippen molar-refractivity contribution in [1.29, 1.82) is 0 Å². The molecular weight excluding hydrogens is 200 g/mol. The van der Waals surface area contributed by atoms with Gasteiger partial charge in [0.05, 0.1) is 12.7 Å². The second-order valence-electron chi connectivity index (χ2n) is 3.96. The van der Waals surface area contributed by atoms with Gasteiger partial charge in [0, 0.05) is 11.5 Å². The highest BCUT2D eigenvalue weighted by Gasteiger charge is 2.10. The molecule has 84 valence electrons. The van der Waals surface area contributed by atoms with E-state index in [4.69, 9.17) is 4.74 Å². The molecule has 1 aromatic rings. The van der Waals surface area contributed by atoms with Crippen molar-refractivity contribution in [2.45, 2.75) is 20.8 Å². The first-order chi connectivity index (χ1) is 7.54. The normalized spacial score (nSPS) is 9.56. The van der Waals surface area contributed by atoms with Crippen molar-refractivity contribution in [3.63, 3.8) is 0 Å². The summed E-state index contributed by atoms with van der Waals surface area (Å²) >= 11 is 0. The van der Waals surface area contributed by atoms with Crippen LogP contribution in [0.15, 0.2) is 18.2 Å². The van der Waals surface area contributed by atoms with Crippen LogP contribution in [-0.4, -0.2) is 13.1 Å². The minimum atomic E-state index is -0.336. The summed E-state index contributed by atoms with van der Waals surface area (Å²) in [5, 5.41) is 0. The fourth-order valence-electron chi connectivity index (χ4n) is 1.27. The van der Waals surface area contributed by atoms with Gasteiger partial charge in [0.2, 0.25) is 0 Å². The number of hydrogen-bond acceptors (Lipinski definition) is 2. The molecule has 2 nitrogen and oxygen atoms in total. The molecule has 0 unspecified atom stereocenters. The van der Waals surface area contributed by atoms with E-state index >= 15 is 0 Å². The molecular formula is C14H16O2. The minimum absolute atomic E-state index is 0.284. The highest BCUT2D eigenvalue weighted by atomic mass is 16.5. The van der Waals surface area contributed by atoms with Crippen molar-refractivity contribution in [1.82, 2.24) is 0 Å². The fourth-order valence-corrected chi connectivity index (χ4v) is 1.27. The van der Waals surface area contributed by atoms with Crippen LogP contribution in [0.5, 0.6) is 0 Å². The molecule has 0 aliphatic carbocycles. The Labute approximate surface area is 96.6 Å². The highest BCUT2D eigenvalue weighted by Crippen LogP contribution is 2.12. The second kappa shape index (κ2) is 5.37. The molecule has 0 atom stereocenters. The number of ether oxygens (including phenoxy) is 1. The van der Waals surface area contributed by atoms with E-state index < -0.39 is 0 Å². The molecule has 0 radical (unpaired) electrons. The largest absolute Gasteiger partial charge is 0.465 e. The molecule has 0 saturated carbocycles. The lowest BCUT2D eigenvalue weighted by Gasteiger charge is -2.03. The van der Waals surface area contributed by atoms with E-state index in [1.54, 1.807) is 6.07 Å². The van der Waals surface area contributed by atoms with Crippen LogP contribution in [0.2, 0.25) is 0 Å². The first-order valence-electron chi connectivity index (χ1n) is 5.25. The number of aryl methyl sites for hydroxylation is 1. The predicted octanol–water partition coefficient (Wildman–Crippen LogP) is 2.79. The third-order valence-electron chi connectivity index (χ3n) is 2.08. The van der Waals surface area contributed by atoms with Crippen LogP contribution in [0.3, 0.4) is 0 Å². The van der Waals surface area contributed by atoms with E-state index in [2.05, 4.69) is 11.8 Å². The van der Waals surface area contributed by atoms with Crippen molar-refractivity contribution in [2.24, 2.45) is 5.92 Å². The van der Waals surface area contributed by atoms with Crippen LogP contribution in [0.1, 0.15) is 35.3 Å². The number of carbonyl (C=O) groups excluding carboxylic acids is 1. The van der Waals surface area contributed by atoms with Crippen molar-refractivity contribution in [2.75, 3.05) is 7.11 Å². The molecule has 0 heterocycles. The van der Waals surface area contributed by atoms with E-state index in [1.807, 2.05) is 32.9 Å². The van der Waals surface area contributed by atoms with Crippen molar-refractivity contribution >= 4 is 5.97 Å². The quantitative estimate of drug-likeness (QED) is 0.533. The molecule has 0 spiro atoms. The van der Waals surface area contributed by atoms with Gasteiger partial charge in [0.25, 0.3) is 0 Å². The summed E-state index contributed by atoms with van der Waals surface area (Å²) in [6.45, 7) is 5.96. The Bertz CT molecular complexity index is 448. The molecule has 0 fully saturated rings. The Balaban J connectivity index is 3.19. The lowest BCUT2D eigenvalue weighted by molar-refractivity contribution is 0.0600. The van der Waals surface area contributed by atoms with Gasteiger partial charge in [0.15, 0.2) is 0 Å². The number of benzene rings is 1. The standard InChI is InChI=1S/C14H16O2/c1-10(2)5-7-12-8-6-11(3)9-13(12)14(15)16-4/h6,8-10H,1-4H3. The van der Waals surface area contributed by atoms with E-state index in [0.717, 1.165) is 11.1 Å². The summed E-state index contributed by atoms with van der Waals surface area (Å²) in [6, 6.07) is 5.60. The highest BCUT2D eigenvalue weighted by molar-refractivity contribution is 5.92. The molecule has 0 aliphatic rings. The average molecular weight is 216 g/mol. The second-order valence-corrected chi connectivity index (χ2v) is 3.96. The molecule has 0 aromatic heterocycles. The van der Waals surface area contributed by atoms with Crippen molar-refractivity contribution in [3.05, 3.63) is 34.9 Å². The van der Waals surface area contributed by atoms with E-state index in [1.165, 1.54) is 7.11 Å². The Morgan fingerprint density at radius 2 is 2.06 bits per heavy atom. The van der Waals surface area contributed by atoms with Gasteiger partial charge in [-0.1, -0.05) is 37.3 Å². The topological polar surface area (TPSA) is 26.3 Å². The van der Waals surface area contributed by atoms with E-state index in [-0.39, 0.29) is 11.9 Å². The van der Waals surface area contributed by atoms with Crippen molar-refractivity contribution < 1.29 is 9.53 Å². The Morgan fingerprint density at radius 1 is 1.38 bits per heavy atom. The summed E-state index contributed by atoms with van der Waals surface area (Å²) in [7, 11) is 1.38. The molecule has 2 heteroatoms. The number of rotatable bonds is 1. The van der Waals surface area contributed by atoms with E-state index in [9.17, 15) is 4.79 Å². The number of hydrogen-bond donors (Lipinski definition) is 0. The third-order valence-corrected chi connectivity index (χ3v) is 2.08. The molecule has 0 amide bonds. The number of methoxy groups -OCH3 is 1. The third kappa shape index (κ3) is 3.13. The average Bonchev–Trinajstić information content (AvgIpc) is 2.26. The molecule has 0 saturated heterocycles. The monoisotopic (exact) mass is 216 g/mol. The zero-order valence-corrected chi connectivity index (χ0v) is 10.1. The molecule has 1 rings (SSSR count). The van der Waals surface area contributed by atoms with Gasteiger partial charge in [-0.2, -0.15) is 0 Å². The maximum absolute atomic E-state index is 11.5. The summed E-state index contributed by atoms with van der Waals surface area (Å²) in [5.41, 5.74) is 2.29. The van der Waals surface area contributed by atoms with E-state index in [0.29, 0.717) is 5.56 Å². The number of carbonyl (C=O) groups is 1. The maximum Gasteiger partial charge on any atom is 0.339 e. The molecule has 0 N–H and O–H groups in total. The molecule has 1 aromatic carbocycles. The minimum Gasteiger partial charge on any atom is -0.465 e. The number of esters is 1. The van der Waals surface area contributed by atoms with Gasteiger partial charge in [-0.3, -0.25) is 0 Å². The maximum atomic E-state index is 11.5. The van der Waals surface area contributed by atoms with Crippen LogP contribution < -0.4 is 0 Å². The Morgan fingerprint density at radius 3 is 2.62 bits per heavy atom. The van der Waals surface area contributed by atoms with Gasteiger partial charge >= 0.3 is 5.97 Å². The van der Waals surface area contributed by atoms with Gasteiger partial charge in [0.1, 0.15) is 0 Å². The fraction of sp³-hybridized carbons (Fsp3) is 0.357. The summed E-state index contributed by atoms with van der Waals surface area (Å²) in [6.07, 6.45) is 0. The van der Waals surface area contributed by atoms with Gasteiger partial charge in [-0.25, -0.2) is 4.79 Å². The van der Waals surface area contributed by atoms with Crippen molar-refractivity contribution in [3.8, 4) is 11.8 Å². The zero-order chi connectivity index (χ0) is 12.1. The SMILES string of the molecule is COC(=O)c1cc(C)ccc1C#CC(C)C. The smallest absolute Gasteiger partial charge is 0.339 e. The lowest BCUT2D eigenvalue weighted by Crippen LogP contribution is -2.04. The summed E-state index contributed by atoms with van der Waals surface area (Å²) in [5.74, 6) is 5.99. The lowest BCUT2D eigenvalue weighted by atomic mass is 10.0. The van der Waals surface area contributed by atoms with Crippen LogP contribution >= 0.6 is 0 Å². The van der Waals surface area contributed by atoms with Gasteiger partial charge in [-0.05, 0) is 19.1 Å². The molecule has 0 aliphatic heterocycles. The Hall–Kier alpha value is -1.75. The van der Waals surface area contributed by atoms with Crippen LogP contribution in [0.25, 0.3) is 0 Å². The zero-order valence-electron chi connectivity index (χ0n) is 10.1. The van der Waals surface area contributed by atoms with Crippen LogP contribution in [-0.2, 0) is 4.74 Å². The first kappa shape index (κ1) is 12.3. The van der Waals surface area contributed by atoms with Gasteiger partial charge < -0.3 is 4.74 Å². The van der Waals surface area contributed by atoms with Crippen LogP contribution in [0.4, 0.5) is 0 Å². The first-order valence-corrected chi connectivity index (χ1v) is 5.25. The Kier molecular flexibility index (Phi) is 4.13. The molecule has 16 heavy (non-hydrogen) atoms. The van der Waals surface area contributed by atoms with Gasteiger partial charge in [-0.15, -0.1) is 0 Å². The molecule has 0 bridgehead atoms. The summed E-state index contributed by atoms with van der Waals surface area (Å²) < 4.78 is 4.73. The van der Waals surface area contributed by atoms with Crippen LogP contribution in [0, 0.1) is 24.7 Å².